The van der Waals surface area contributed by atoms with E-state index in [1.807, 2.05) is 13.8 Å². The predicted octanol–water partition coefficient (Wildman–Crippen LogP) is 1.97. The number of rotatable bonds is 5. The Balaban J connectivity index is 2.44. The number of hydrogen-bond acceptors (Lipinski definition) is 5. The third kappa shape index (κ3) is 2.26. The van der Waals surface area contributed by atoms with Crippen LogP contribution in [0, 0.1) is 0 Å². The van der Waals surface area contributed by atoms with Crippen LogP contribution >= 0.6 is 11.6 Å². The molecule has 2 aromatic rings. The minimum Gasteiger partial charge on any atom is -0.394 e. The summed E-state index contributed by atoms with van der Waals surface area (Å²) in [5.74, 6) is 0.594. The van der Waals surface area contributed by atoms with Crippen molar-refractivity contribution >= 4 is 28.5 Å². The summed E-state index contributed by atoms with van der Waals surface area (Å²) in [6, 6.07) is 0. The van der Waals surface area contributed by atoms with Gasteiger partial charge in [0.2, 0.25) is 5.28 Å². The van der Waals surface area contributed by atoms with Gasteiger partial charge in [-0.2, -0.15) is 15.1 Å². The zero-order valence-electron chi connectivity index (χ0n) is 10.4. The van der Waals surface area contributed by atoms with Crippen LogP contribution in [0.15, 0.2) is 6.20 Å². The second kappa shape index (κ2) is 5.07. The van der Waals surface area contributed by atoms with Crippen LogP contribution in [0.4, 0.5) is 5.82 Å². The zero-order chi connectivity index (χ0) is 13.2. The molecule has 6 nitrogen and oxygen atoms in total. The van der Waals surface area contributed by atoms with E-state index < -0.39 is 5.54 Å². The largest absolute Gasteiger partial charge is 0.394 e. The molecule has 7 heteroatoms. The number of anilines is 1. The molecule has 2 aromatic heterocycles. The van der Waals surface area contributed by atoms with Gasteiger partial charge < -0.3 is 10.4 Å². The van der Waals surface area contributed by atoms with Crippen molar-refractivity contribution in [2.24, 2.45) is 0 Å². The van der Waals surface area contributed by atoms with Crippen LogP contribution in [-0.4, -0.2) is 37.4 Å². The van der Waals surface area contributed by atoms with Gasteiger partial charge in [0.15, 0.2) is 5.65 Å². The highest BCUT2D eigenvalue weighted by molar-refractivity contribution is 6.28. The quantitative estimate of drug-likeness (QED) is 0.723. The zero-order valence-corrected chi connectivity index (χ0v) is 11.1. The highest BCUT2D eigenvalue weighted by atomic mass is 35.5. The molecule has 0 spiro atoms. The van der Waals surface area contributed by atoms with E-state index in [4.69, 9.17) is 11.6 Å². The molecule has 0 fully saturated rings. The highest BCUT2D eigenvalue weighted by Crippen LogP contribution is 2.26. The van der Waals surface area contributed by atoms with Gasteiger partial charge in [0, 0.05) is 0 Å². The summed E-state index contributed by atoms with van der Waals surface area (Å²) in [6.07, 6.45) is 3.20. The van der Waals surface area contributed by atoms with Crippen molar-refractivity contribution in [3.63, 3.8) is 0 Å². The minimum atomic E-state index is -0.401. The summed E-state index contributed by atoms with van der Waals surface area (Å²) in [7, 11) is 0. The lowest BCUT2D eigenvalue weighted by atomic mass is 9.94. The topological polar surface area (TPSA) is 86.7 Å². The first-order valence-electron chi connectivity index (χ1n) is 5.89. The molecule has 2 heterocycles. The monoisotopic (exact) mass is 269 g/mol. The van der Waals surface area contributed by atoms with E-state index in [0.717, 1.165) is 18.2 Å². The Hall–Kier alpha value is -1.40. The number of aliphatic hydroxyl groups excluding tert-OH is 1. The van der Waals surface area contributed by atoms with Crippen LogP contribution < -0.4 is 5.32 Å². The molecule has 0 radical (unpaired) electrons. The average Bonchev–Trinajstić information content (AvgIpc) is 2.84. The van der Waals surface area contributed by atoms with Crippen molar-refractivity contribution in [1.29, 1.82) is 0 Å². The molecule has 3 N–H and O–H groups in total. The number of aromatic amines is 1. The van der Waals surface area contributed by atoms with Gasteiger partial charge in [0.05, 0.1) is 23.7 Å². The van der Waals surface area contributed by atoms with Gasteiger partial charge in [-0.3, -0.25) is 5.10 Å². The first kappa shape index (κ1) is 13.0. The van der Waals surface area contributed by atoms with Gasteiger partial charge in [0.25, 0.3) is 0 Å². The number of fused-ring (bicyclic) bond motifs is 1. The Morgan fingerprint density at radius 2 is 2.11 bits per heavy atom. The first-order valence-corrected chi connectivity index (χ1v) is 6.27. The molecule has 18 heavy (non-hydrogen) atoms. The molecule has 2 rings (SSSR count). The number of nitrogens with one attached hydrogen (secondary N) is 2. The fourth-order valence-electron chi connectivity index (χ4n) is 1.84. The Morgan fingerprint density at radius 3 is 2.72 bits per heavy atom. The highest BCUT2D eigenvalue weighted by Gasteiger charge is 2.26. The fourth-order valence-corrected chi connectivity index (χ4v) is 2.01. The van der Waals surface area contributed by atoms with Crippen LogP contribution in [0.1, 0.15) is 26.7 Å². The molecule has 0 aliphatic heterocycles. The van der Waals surface area contributed by atoms with E-state index in [9.17, 15) is 5.11 Å². The lowest BCUT2D eigenvalue weighted by Crippen LogP contribution is -2.41. The smallest absolute Gasteiger partial charge is 0.226 e. The third-order valence-electron chi connectivity index (χ3n) is 3.32. The van der Waals surface area contributed by atoms with Gasteiger partial charge in [-0.15, -0.1) is 0 Å². The first-order chi connectivity index (χ1) is 8.64. The van der Waals surface area contributed by atoms with E-state index >= 15 is 0 Å². The number of hydrogen-bond donors (Lipinski definition) is 3. The molecule has 0 aromatic carbocycles. The average molecular weight is 270 g/mol. The van der Waals surface area contributed by atoms with Crippen molar-refractivity contribution in [1.82, 2.24) is 20.2 Å². The second-order valence-corrected chi connectivity index (χ2v) is 4.58. The van der Waals surface area contributed by atoms with Gasteiger partial charge in [-0.25, -0.2) is 0 Å². The molecular weight excluding hydrogens is 254 g/mol. The molecule has 0 saturated heterocycles. The van der Waals surface area contributed by atoms with E-state index in [1.54, 1.807) is 6.20 Å². The minimum absolute atomic E-state index is 0.0287. The lowest BCUT2D eigenvalue weighted by Gasteiger charge is -2.31. The van der Waals surface area contributed by atoms with Gasteiger partial charge in [-0.05, 0) is 24.4 Å². The lowest BCUT2D eigenvalue weighted by molar-refractivity contribution is 0.202. The number of halogens is 1. The van der Waals surface area contributed by atoms with Gasteiger partial charge >= 0.3 is 0 Å². The number of H-pyrrole nitrogens is 1. The van der Waals surface area contributed by atoms with Crippen molar-refractivity contribution in [2.45, 2.75) is 32.2 Å². The Bertz CT molecular complexity index is 529. The molecule has 98 valence electrons. The maximum absolute atomic E-state index is 9.57. The molecule has 0 amide bonds. The predicted molar refractivity (Wildman–Crippen MR) is 70.7 cm³/mol. The van der Waals surface area contributed by atoms with Crippen LogP contribution in [0.5, 0.6) is 0 Å². The van der Waals surface area contributed by atoms with Crippen molar-refractivity contribution in [3.05, 3.63) is 11.5 Å². The summed E-state index contributed by atoms with van der Waals surface area (Å²) in [5.41, 5.74) is 0.179. The Kier molecular flexibility index (Phi) is 3.68. The molecule has 0 unspecified atom stereocenters. The molecule has 0 atom stereocenters. The van der Waals surface area contributed by atoms with E-state index in [2.05, 4.69) is 25.5 Å². The van der Waals surface area contributed by atoms with Crippen LogP contribution in [0.3, 0.4) is 0 Å². The van der Waals surface area contributed by atoms with Crippen molar-refractivity contribution < 1.29 is 5.11 Å². The number of aliphatic hydroxyl groups is 1. The number of nitrogens with zero attached hydrogens (tertiary/aromatic N) is 3. The molecule has 0 aliphatic rings. The second-order valence-electron chi connectivity index (χ2n) is 4.24. The molecule has 0 bridgehead atoms. The standard InChI is InChI=1S/C11H16ClN5O/c1-3-11(4-2,6-18)16-8-7-5-13-17-9(7)15-10(12)14-8/h5,18H,3-4,6H2,1-2H3,(H2,13,14,15,16,17). The van der Waals surface area contributed by atoms with E-state index in [-0.39, 0.29) is 11.9 Å². The van der Waals surface area contributed by atoms with Gasteiger partial charge in [0.1, 0.15) is 5.82 Å². The maximum atomic E-state index is 9.57. The summed E-state index contributed by atoms with van der Waals surface area (Å²) in [4.78, 5) is 8.21. The van der Waals surface area contributed by atoms with Crippen molar-refractivity contribution in [2.75, 3.05) is 11.9 Å². The fraction of sp³-hybridized carbons (Fsp3) is 0.545. The summed E-state index contributed by atoms with van der Waals surface area (Å²) in [5, 5.41) is 20.4. The molecular formula is C11H16ClN5O. The van der Waals surface area contributed by atoms with Crippen LogP contribution in [-0.2, 0) is 0 Å². The van der Waals surface area contributed by atoms with Crippen LogP contribution in [0.25, 0.3) is 11.0 Å². The van der Waals surface area contributed by atoms with Gasteiger partial charge in [-0.1, -0.05) is 13.8 Å². The van der Waals surface area contributed by atoms with Crippen LogP contribution in [0.2, 0.25) is 5.28 Å². The maximum Gasteiger partial charge on any atom is 0.226 e. The Labute approximate surface area is 110 Å². The third-order valence-corrected chi connectivity index (χ3v) is 3.49. The molecule has 0 aliphatic carbocycles. The summed E-state index contributed by atoms with van der Waals surface area (Å²) < 4.78 is 0. The summed E-state index contributed by atoms with van der Waals surface area (Å²) in [6.45, 7) is 4.06. The number of aromatic nitrogens is 4. The van der Waals surface area contributed by atoms with Crippen molar-refractivity contribution in [3.8, 4) is 0 Å². The SMILES string of the molecule is CCC(CC)(CO)Nc1nc(Cl)nc2[nH]ncc12. The van der Waals surface area contributed by atoms with E-state index in [1.165, 1.54) is 0 Å². The molecule has 0 saturated carbocycles. The normalized spacial score (nSPS) is 12.0. The van der Waals surface area contributed by atoms with E-state index in [0.29, 0.717) is 11.5 Å². The Morgan fingerprint density at radius 1 is 1.39 bits per heavy atom. The summed E-state index contributed by atoms with van der Waals surface area (Å²) >= 11 is 5.87.